The number of carbonyl (C=O) groups excluding carboxylic acids is 1. The summed E-state index contributed by atoms with van der Waals surface area (Å²) in [5.74, 6) is -0.436. The SMILES string of the molecule is [2H]NC(=O)c1c(I)cnn1C. The Morgan fingerprint density at radius 1 is 2.10 bits per heavy atom. The molecular formula is C5H6IN3O. The number of aromatic nitrogens is 2. The van der Waals surface area contributed by atoms with Crippen molar-refractivity contribution in [3.63, 3.8) is 0 Å². The van der Waals surface area contributed by atoms with Crippen LogP contribution in [0.1, 0.15) is 10.5 Å². The number of hydrogen-bond acceptors (Lipinski definition) is 2. The zero-order valence-corrected chi connectivity index (χ0v) is 7.42. The average Bonchev–Trinajstić information content (AvgIpc) is 2.30. The molecule has 5 heteroatoms. The molecule has 0 radical (unpaired) electrons. The summed E-state index contributed by atoms with van der Waals surface area (Å²) in [5, 5.41) is 3.85. The molecule has 1 aromatic heterocycles. The van der Waals surface area contributed by atoms with Crippen molar-refractivity contribution in [3.05, 3.63) is 15.5 Å². The third kappa shape index (κ3) is 1.13. The highest BCUT2D eigenvalue weighted by Gasteiger charge is 2.10. The Balaban J connectivity index is 3.10. The lowest BCUT2D eigenvalue weighted by atomic mass is 10.4. The van der Waals surface area contributed by atoms with Crippen LogP contribution in [0.3, 0.4) is 0 Å². The van der Waals surface area contributed by atoms with Gasteiger partial charge >= 0.3 is 0 Å². The van der Waals surface area contributed by atoms with E-state index in [-0.39, 0.29) is 0 Å². The molecule has 0 saturated carbocycles. The Kier molecular flexibility index (Phi) is 1.58. The molecule has 0 aliphatic heterocycles. The molecule has 4 nitrogen and oxygen atoms in total. The largest absolute Gasteiger partial charge is 0.364 e. The molecule has 1 heterocycles. The van der Waals surface area contributed by atoms with E-state index < -0.39 is 5.91 Å². The number of rotatable bonds is 1. The van der Waals surface area contributed by atoms with Gasteiger partial charge in [0, 0.05) is 7.05 Å². The van der Waals surface area contributed by atoms with Crippen LogP contribution in [0, 0.1) is 3.57 Å². The Morgan fingerprint density at radius 3 is 3.20 bits per heavy atom. The summed E-state index contributed by atoms with van der Waals surface area (Å²) in [6.07, 6.45) is 1.57. The van der Waals surface area contributed by atoms with Gasteiger partial charge in [-0.1, -0.05) is 0 Å². The molecule has 54 valence electrons. The summed E-state index contributed by atoms with van der Waals surface area (Å²) in [7, 11) is 1.66. The minimum absolute atomic E-state index is 0.417. The van der Waals surface area contributed by atoms with Crippen LogP contribution in [0.25, 0.3) is 0 Å². The molecule has 0 spiro atoms. The fraction of sp³-hybridized carbons (Fsp3) is 0.200. The number of carbonyl (C=O) groups is 1. The van der Waals surface area contributed by atoms with Crippen LogP contribution in [-0.2, 0) is 7.05 Å². The van der Waals surface area contributed by atoms with Crippen molar-refractivity contribution in [2.45, 2.75) is 0 Å². The fourth-order valence-electron chi connectivity index (χ4n) is 0.666. The maximum absolute atomic E-state index is 11.0. The smallest absolute Gasteiger partial charge is 0.268 e. The lowest BCUT2D eigenvalue weighted by Gasteiger charge is -1.94. The van der Waals surface area contributed by atoms with E-state index in [2.05, 4.69) is 5.10 Å². The van der Waals surface area contributed by atoms with E-state index in [1.54, 1.807) is 19.0 Å². The van der Waals surface area contributed by atoms with Gasteiger partial charge in [0.1, 0.15) is 5.69 Å². The van der Waals surface area contributed by atoms with Gasteiger partial charge in [-0.2, -0.15) is 5.10 Å². The van der Waals surface area contributed by atoms with Crippen molar-refractivity contribution in [1.82, 2.24) is 9.78 Å². The van der Waals surface area contributed by atoms with Crippen molar-refractivity contribution >= 4 is 28.5 Å². The third-order valence-corrected chi connectivity index (χ3v) is 1.90. The van der Waals surface area contributed by atoms with Crippen molar-refractivity contribution in [3.8, 4) is 0 Å². The molecule has 0 aliphatic rings. The second kappa shape index (κ2) is 2.57. The molecule has 0 bridgehead atoms. The van der Waals surface area contributed by atoms with E-state index >= 15 is 0 Å². The quantitative estimate of drug-likeness (QED) is 0.722. The van der Waals surface area contributed by atoms with Crippen molar-refractivity contribution in [1.29, 1.82) is 0 Å². The minimum Gasteiger partial charge on any atom is -0.364 e. The van der Waals surface area contributed by atoms with Crippen LogP contribution in [0.15, 0.2) is 6.20 Å². The molecule has 10 heavy (non-hydrogen) atoms. The first kappa shape index (κ1) is 6.14. The molecule has 0 aromatic carbocycles. The molecule has 0 atom stereocenters. The van der Waals surface area contributed by atoms with E-state index in [0.29, 0.717) is 5.69 Å². The summed E-state index contributed by atoms with van der Waals surface area (Å²) in [6.45, 7) is 0. The number of halogens is 1. The van der Waals surface area contributed by atoms with Crippen molar-refractivity contribution in [2.24, 2.45) is 12.8 Å². The molecule has 1 rings (SSSR count). The lowest BCUT2D eigenvalue weighted by molar-refractivity contribution is 0.0990. The van der Waals surface area contributed by atoms with Crippen LogP contribution >= 0.6 is 22.6 Å². The maximum Gasteiger partial charge on any atom is 0.268 e. The number of amides is 1. The molecular weight excluding hydrogens is 245 g/mol. The Morgan fingerprint density at radius 2 is 2.80 bits per heavy atom. The molecule has 1 aromatic rings. The van der Waals surface area contributed by atoms with Crippen LogP contribution in [0.2, 0.25) is 1.41 Å². The van der Waals surface area contributed by atoms with Gasteiger partial charge < -0.3 is 5.73 Å². The van der Waals surface area contributed by atoms with Crippen molar-refractivity contribution in [2.75, 3.05) is 0 Å². The summed E-state index contributed by atoms with van der Waals surface area (Å²) < 4.78 is 8.82. The summed E-state index contributed by atoms with van der Waals surface area (Å²) in [4.78, 5) is 11.0. The lowest BCUT2D eigenvalue weighted by Crippen LogP contribution is -2.16. The third-order valence-electron chi connectivity index (χ3n) is 1.11. The van der Waals surface area contributed by atoms with Crippen LogP contribution in [0.5, 0.6) is 0 Å². The topological polar surface area (TPSA) is 60.9 Å². The van der Waals surface area contributed by atoms with E-state index in [9.17, 15) is 4.79 Å². The number of nitrogens with zero attached hydrogens (tertiary/aromatic N) is 2. The Hall–Kier alpha value is -0.590. The van der Waals surface area contributed by atoms with Gasteiger partial charge in [-0.25, -0.2) is 0 Å². The highest BCUT2D eigenvalue weighted by molar-refractivity contribution is 14.1. The van der Waals surface area contributed by atoms with E-state index in [1.165, 1.54) is 4.68 Å². The van der Waals surface area contributed by atoms with E-state index in [0.717, 1.165) is 3.57 Å². The summed E-state index contributed by atoms with van der Waals surface area (Å²) >= 11 is 1.99. The fourth-order valence-corrected chi connectivity index (χ4v) is 1.38. The van der Waals surface area contributed by atoms with Gasteiger partial charge in [0.2, 0.25) is 0 Å². The van der Waals surface area contributed by atoms with Crippen molar-refractivity contribution < 1.29 is 6.21 Å². The van der Waals surface area contributed by atoms with Crippen LogP contribution in [0.4, 0.5) is 0 Å². The zero-order chi connectivity index (χ0) is 8.43. The van der Waals surface area contributed by atoms with Gasteiger partial charge in [0.05, 0.1) is 9.77 Å². The first-order valence-corrected chi connectivity index (χ1v) is 3.64. The van der Waals surface area contributed by atoms with Gasteiger partial charge in [-0.05, 0) is 22.6 Å². The molecule has 0 fully saturated rings. The van der Waals surface area contributed by atoms with Gasteiger partial charge in [0.25, 0.3) is 5.91 Å². The highest BCUT2D eigenvalue weighted by Crippen LogP contribution is 2.08. The number of aryl methyl sites for hydroxylation is 1. The first-order valence-electron chi connectivity index (χ1n) is 3.06. The molecule has 1 amide bonds. The second-order valence-electron chi connectivity index (χ2n) is 1.79. The zero-order valence-electron chi connectivity index (χ0n) is 6.26. The maximum atomic E-state index is 11.0. The molecule has 2 N–H and O–H groups in total. The molecule has 0 aliphatic carbocycles. The standard InChI is InChI=1S/C5H6IN3O/c1-9-4(5(7)10)3(6)2-8-9/h2H,1H3,(H2,7,10)/i/hD. The first-order chi connectivity index (χ1) is 5.16. The second-order valence-corrected chi connectivity index (χ2v) is 2.96. The predicted molar refractivity (Wildman–Crippen MR) is 44.4 cm³/mol. The Labute approximate surface area is 73.0 Å². The summed E-state index contributed by atoms with van der Waals surface area (Å²) in [6, 6.07) is 0. The van der Waals surface area contributed by atoms with Gasteiger partial charge in [-0.3, -0.25) is 9.48 Å². The molecule has 0 saturated heterocycles. The average molecular weight is 252 g/mol. The van der Waals surface area contributed by atoms with Gasteiger partial charge in [-0.15, -0.1) is 0 Å². The minimum atomic E-state index is -0.436. The predicted octanol–water partition coefficient (Wildman–Crippen LogP) is 0.124. The summed E-state index contributed by atoms with van der Waals surface area (Å²) in [5.41, 5.74) is 2.21. The number of nitrogens with two attached hydrogens (primary N) is 1. The van der Waals surface area contributed by atoms with Crippen LogP contribution in [-0.4, -0.2) is 15.7 Å². The number of primary amides is 1. The normalized spacial score (nSPS) is 10.8. The Bertz CT molecular complexity index is 266. The number of hydrogen-bond donors (Lipinski definition) is 1. The molecule has 0 unspecified atom stereocenters. The monoisotopic (exact) mass is 252 g/mol. The van der Waals surface area contributed by atoms with Crippen LogP contribution < -0.4 is 5.73 Å². The highest BCUT2D eigenvalue weighted by atomic mass is 127. The van der Waals surface area contributed by atoms with Gasteiger partial charge in [0.15, 0.2) is 1.41 Å². The van der Waals surface area contributed by atoms with E-state index in [1.807, 2.05) is 22.6 Å². The van der Waals surface area contributed by atoms with E-state index in [4.69, 9.17) is 1.41 Å².